The Morgan fingerprint density at radius 1 is 0.380 bits per heavy atom. The van der Waals surface area contributed by atoms with Gasteiger partial charge in [0.1, 0.15) is 0 Å². The van der Waals surface area contributed by atoms with E-state index < -0.39 is 0 Å². The van der Waals surface area contributed by atoms with Crippen LogP contribution in [0, 0.1) is 0 Å². The Bertz CT molecular complexity index is 2750. The van der Waals surface area contributed by atoms with Crippen molar-refractivity contribution >= 4 is 22.9 Å². The van der Waals surface area contributed by atoms with E-state index in [0.29, 0.717) is 0 Å². The summed E-state index contributed by atoms with van der Waals surface area (Å²) in [5.41, 5.74) is 28.8. The zero-order valence-electron chi connectivity index (χ0n) is 27.9. The summed E-state index contributed by atoms with van der Waals surface area (Å²) in [6, 6.07) is 42.4. The van der Waals surface area contributed by atoms with E-state index in [9.17, 15) is 0 Å². The van der Waals surface area contributed by atoms with E-state index in [1.54, 1.807) is 0 Å². The van der Waals surface area contributed by atoms with Crippen LogP contribution >= 0.6 is 0 Å². The first kappa shape index (κ1) is 27.1. The molecule has 0 N–H and O–H groups in total. The number of rotatable bonds is 2. The second kappa shape index (κ2) is 9.93. The molecule has 0 saturated carbocycles. The van der Waals surface area contributed by atoms with Crippen LogP contribution in [0.3, 0.4) is 0 Å². The van der Waals surface area contributed by atoms with Crippen LogP contribution in [0.25, 0.3) is 78.6 Å². The largest absolute Gasteiger partial charge is 0.0836 e. The standard InChI is InChI=1S/C50H34/c1-2-10-39-30(8-1)24-34-20-21-35-27-37-26-33(22-23-40(37)50(35)49(34)39)47-41-11-3-5-13-43(41)48(44-14-6-4-12-42(44)47)36-19-17-31-25-32-18-16-29-9-7-15-38(29)46(32)45(31)28-36/h1-5,7-8,10-13,15-23,26,28H,6,9,14,24-25,27H2. The zero-order chi connectivity index (χ0) is 32.5. The minimum atomic E-state index is 0.998. The lowest BCUT2D eigenvalue weighted by atomic mass is 9.79. The van der Waals surface area contributed by atoms with E-state index in [2.05, 4.69) is 133 Å². The molecule has 0 aromatic heterocycles. The Labute approximate surface area is 293 Å². The maximum absolute atomic E-state index is 2.52. The zero-order valence-corrected chi connectivity index (χ0v) is 27.9. The SMILES string of the molecule is C1=Cc2c(c(-c3ccc4c(c3)-c3c(ccc5c3C=CC5)C4)c3ccccc3c2-c2ccc3c(c2)Cc2ccc4c(c2-3)-c2ccccc2C4)CC1. The van der Waals surface area contributed by atoms with Gasteiger partial charge in [-0.3, -0.25) is 0 Å². The third-order valence-electron chi connectivity index (χ3n) is 12.4. The van der Waals surface area contributed by atoms with Crippen LogP contribution in [0.15, 0.2) is 121 Å². The molecule has 7 aromatic carbocycles. The average molecular weight is 635 g/mol. The van der Waals surface area contributed by atoms with Crippen molar-refractivity contribution in [1.29, 1.82) is 0 Å². The number of benzene rings is 7. The number of hydrogen-bond donors (Lipinski definition) is 0. The fraction of sp³-hybridized carbons (Fsp3) is 0.120. The maximum Gasteiger partial charge on any atom is -0.00130 e. The highest BCUT2D eigenvalue weighted by Crippen LogP contribution is 2.52. The van der Waals surface area contributed by atoms with Crippen LogP contribution in [0.1, 0.15) is 62.1 Å². The van der Waals surface area contributed by atoms with Gasteiger partial charge in [-0.25, -0.2) is 0 Å². The van der Waals surface area contributed by atoms with Crippen LogP contribution in [-0.2, 0) is 32.1 Å². The summed E-state index contributed by atoms with van der Waals surface area (Å²) in [5, 5.41) is 2.72. The fourth-order valence-corrected chi connectivity index (χ4v) is 10.3. The molecule has 0 unspecified atom stereocenters. The van der Waals surface area contributed by atoms with Gasteiger partial charge in [0.05, 0.1) is 0 Å². The summed E-state index contributed by atoms with van der Waals surface area (Å²) in [5.74, 6) is 0. The molecule has 0 amide bonds. The van der Waals surface area contributed by atoms with Gasteiger partial charge in [-0.2, -0.15) is 0 Å². The molecule has 5 aliphatic carbocycles. The second-order valence-electron chi connectivity index (χ2n) is 15.0. The van der Waals surface area contributed by atoms with Crippen molar-refractivity contribution in [3.63, 3.8) is 0 Å². The lowest BCUT2D eigenvalue weighted by Gasteiger charge is -2.24. The van der Waals surface area contributed by atoms with Gasteiger partial charge >= 0.3 is 0 Å². The van der Waals surface area contributed by atoms with Gasteiger partial charge in [0, 0.05) is 0 Å². The third kappa shape index (κ3) is 3.61. The van der Waals surface area contributed by atoms with Crippen molar-refractivity contribution in [2.75, 3.05) is 0 Å². The van der Waals surface area contributed by atoms with Crippen molar-refractivity contribution in [2.45, 2.75) is 38.5 Å². The molecule has 0 aliphatic heterocycles. The molecule has 0 saturated heterocycles. The molecule has 12 rings (SSSR count). The molecule has 7 aromatic rings. The van der Waals surface area contributed by atoms with Gasteiger partial charge in [-0.05, 0) is 167 Å². The molecule has 234 valence electrons. The van der Waals surface area contributed by atoms with E-state index in [4.69, 9.17) is 0 Å². The van der Waals surface area contributed by atoms with Crippen molar-refractivity contribution in [2.24, 2.45) is 0 Å². The van der Waals surface area contributed by atoms with Crippen LogP contribution < -0.4 is 0 Å². The molecular formula is C50H34. The summed E-state index contributed by atoms with van der Waals surface area (Å²) >= 11 is 0. The number of hydrogen-bond acceptors (Lipinski definition) is 0. The molecule has 0 spiro atoms. The van der Waals surface area contributed by atoms with Crippen LogP contribution in [0.4, 0.5) is 0 Å². The van der Waals surface area contributed by atoms with Gasteiger partial charge in [0.25, 0.3) is 0 Å². The summed E-state index contributed by atoms with van der Waals surface area (Å²) in [6.45, 7) is 0. The van der Waals surface area contributed by atoms with E-state index in [1.807, 2.05) is 0 Å². The van der Waals surface area contributed by atoms with Crippen LogP contribution in [0.5, 0.6) is 0 Å². The first-order valence-corrected chi connectivity index (χ1v) is 18.3. The third-order valence-corrected chi connectivity index (χ3v) is 12.4. The predicted molar refractivity (Wildman–Crippen MR) is 210 cm³/mol. The van der Waals surface area contributed by atoms with Gasteiger partial charge < -0.3 is 0 Å². The predicted octanol–water partition coefficient (Wildman–Crippen LogP) is 12.4. The summed E-state index contributed by atoms with van der Waals surface area (Å²) in [7, 11) is 0. The Morgan fingerprint density at radius 2 is 1.00 bits per heavy atom. The molecule has 5 aliphatic rings. The van der Waals surface area contributed by atoms with Crippen molar-refractivity contribution < 1.29 is 0 Å². The van der Waals surface area contributed by atoms with Gasteiger partial charge in [-0.15, -0.1) is 0 Å². The second-order valence-corrected chi connectivity index (χ2v) is 15.0. The molecule has 0 fully saturated rings. The molecular weight excluding hydrogens is 601 g/mol. The van der Waals surface area contributed by atoms with E-state index >= 15 is 0 Å². The Hall–Kier alpha value is -5.72. The van der Waals surface area contributed by atoms with Gasteiger partial charge in [0.15, 0.2) is 0 Å². The van der Waals surface area contributed by atoms with Crippen LogP contribution in [-0.4, -0.2) is 0 Å². The Kier molecular flexibility index (Phi) is 5.39. The molecule has 0 bridgehead atoms. The quantitative estimate of drug-likeness (QED) is 0.177. The van der Waals surface area contributed by atoms with Crippen molar-refractivity contribution in [3.8, 4) is 55.6 Å². The maximum atomic E-state index is 2.52. The minimum absolute atomic E-state index is 0.998. The highest BCUT2D eigenvalue weighted by atomic mass is 14.3. The first-order chi connectivity index (χ1) is 24.8. The van der Waals surface area contributed by atoms with Crippen molar-refractivity contribution in [3.05, 3.63) is 177 Å². The molecule has 0 heterocycles. The molecule has 50 heavy (non-hydrogen) atoms. The molecule has 0 atom stereocenters. The highest BCUT2D eigenvalue weighted by molar-refractivity contribution is 6.11. The van der Waals surface area contributed by atoms with E-state index in [1.165, 1.54) is 122 Å². The van der Waals surface area contributed by atoms with Gasteiger partial charge in [-0.1, -0.05) is 127 Å². The summed E-state index contributed by atoms with van der Waals surface area (Å²) in [6.07, 6.45) is 15.8. The Balaban J connectivity index is 1.05. The van der Waals surface area contributed by atoms with Crippen LogP contribution in [0.2, 0.25) is 0 Å². The molecule has 0 nitrogen and oxygen atoms in total. The van der Waals surface area contributed by atoms with Crippen molar-refractivity contribution in [1.82, 2.24) is 0 Å². The fourth-order valence-electron chi connectivity index (χ4n) is 10.3. The minimum Gasteiger partial charge on any atom is -0.0836 e. The number of allylic oxidation sites excluding steroid dienone is 2. The highest BCUT2D eigenvalue weighted by Gasteiger charge is 2.30. The summed E-state index contributed by atoms with van der Waals surface area (Å²) < 4.78 is 0. The lowest BCUT2D eigenvalue weighted by molar-refractivity contribution is 0.991. The Morgan fingerprint density at radius 3 is 1.86 bits per heavy atom. The smallest absolute Gasteiger partial charge is 0.00130 e. The van der Waals surface area contributed by atoms with E-state index in [-0.39, 0.29) is 0 Å². The lowest BCUT2D eigenvalue weighted by Crippen LogP contribution is -2.03. The van der Waals surface area contributed by atoms with E-state index in [0.717, 1.165) is 38.5 Å². The summed E-state index contributed by atoms with van der Waals surface area (Å²) in [4.78, 5) is 0. The number of fused-ring (bicyclic) bond motifs is 14. The molecule has 0 radical (unpaired) electrons. The monoisotopic (exact) mass is 634 g/mol. The average Bonchev–Trinajstić information content (AvgIpc) is 3.95. The normalized spacial score (nSPS) is 15.0. The molecule has 0 heteroatoms. The first-order valence-electron chi connectivity index (χ1n) is 18.3. The van der Waals surface area contributed by atoms with Gasteiger partial charge in [0.2, 0.25) is 0 Å². The topological polar surface area (TPSA) is 0 Å².